The van der Waals surface area contributed by atoms with Gasteiger partial charge in [0.15, 0.2) is 18.1 Å². The summed E-state index contributed by atoms with van der Waals surface area (Å²) in [5, 5.41) is 15.4. The topological polar surface area (TPSA) is 109 Å². The Morgan fingerprint density at radius 3 is 2.68 bits per heavy atom. The van der Waals surface area contributed by atoms with Crippen LogP contribution in [-0.4, -0.2) is 36.5 Å². The summed E-state index contributed by atoms with van der Waals surface area (Å²) < 4.78 is 11.5. The van der Waals surface area contributed by atoms with Crippen LogP contribution in [0.5, 0.6) is 11.5 Å². The van der Waals surface area contributed by atoms with Gasteiger partial charge in [-0.3, -0.25) is 0 Å². The van der Waals surface area contributed by atoms with Gasteiger partial charge in [0.05, 0.1) is 16.4 Å². The molecule has 2 aromatic rings. The van der Waals surface area contributed by atoms with Gasteiger partial charge in [0.2, 0.25) is 0 Å². The van der Waals surface area contributed by atoms with Crippen LogP contribution in [0.2, 0.25) is 0 Å². The van der Waals surface area contributed by atoms with Gasteiger partial charge < -0.3 is 19.9 Å². The lowest BCUT2D eigenvalue weighted by molar-refractivity contribution is -0.139. The van der Waals surface area contributed by atoms with E-state index >= 15 is 0 Å². The third kappa shape index (κ3) is 6.41. The first kappa shape index (κ1) is 21.5. The Balaban J connectivity index is 2.07. The summed E-state index contributed by atoms with van der Waals surface area (Å²) in [6, 6.07) is 10.3. The van der Waals surface area contributed by atoms with Crippen molar-refractivity contribution in [2.75, 3.05) is 18.5 Å². The number of carbonyl (C=O) groups is 2. The molecule has 0 bridgehead atoms. The van der Waals surface area contributed by atoms with Crippen LogP contribution in [0.1, 0.15) is 18.1 Å². The lowest BCUT2D eigenvalue weighted by atomic mass is 10.2. The third-order valence-electron chi connectivity index (χ3n) is 3.44. The number of nitrogens with zero attached hydrogens (tertiary/aromatic N) is 1. The van der Waals surface area contributed by atoms with Gasteiger partial charge in [0.1, 0.15) is 0 Å². The smallest absolute Gasteiger partial charge is 0.341 e. The van der Waals surface area contributed by atoms with Crippen molar-refractivity contribution in [1.29, 1.82) is 0 Å². The van der Waals surface area contributed by atoms with E-state index in [0.717, 1.165) is 5.56 Å². The Hall–Kier alpha value is -2.82. The summed E-state index contributed by atoms with van der Waals surface area (Å²) in [6.07, 6.45) is 1.46. The van der Waals surface area contributed by atoms with Crippen molar-refractivity contribution in [3.05, 3.63) is 51.1 Å². The SMILES string of the molecule is CCOc1cc(C=NNC(=O)Nc2ccccc2C)cc(I)c1OCC(=O)O. The number of carboxylic acids is 1. The molecular weight excluding hydrogens is 477 g/mol. The minimum atomic E-state index is -1.08. The molecule has 2 amide bonds. The molecule has 0 spiro atoms. The van der Waals surface area contributed by atoms with Crippen molar-refractivity contribution in [3.8, 4) is 11.5 Å². The van der Waals surface area contributed by atoms with Gasteiger partial charge in [-0.15, -0.1) is 0 Å². The Bertz CT molecular complexity index is 886. The number of rotatable bonds is 8. The molecule has 0 unspecified atom stereocenters. The summed E-state index contributed by atoms with van der Waals surface area (Å²) in [5.41, 5.74) is 4.70. The number of carbonyl (C=O) groups excluding carboxylic acids is 1. The second kappa shape index (κ2) is 10.5. The van der Waals surface area contributed by atoms with Crippen molar-refractivity contribution < 1.29 is 24.2 Å². The predicted octanol–water partition coefficient (Wildman–Crippen LogP) is 3.62. The maximum Gasteiger partial charge on any atom is 0.341 e. The molecule has 3 N–H and O–H groups in total. The van der Waals surface area contributed by atoms with Gasteiger partial charge >= 0.3 is 12.0 Å². The van der Waals surface area contributed by atoms with Crippen molar-refractivity contribution in [1.82, 2.24) is 5.43 Å². The largest absolute Gasteiger partial charge is 0.490 e. The number of nitrogens with one attached hydrogen (secondary N) is 2. The Morgan fingerprint density at radius 2 is 2.00 bits per heavy atom. The summed E-state index contributed by atoms with van der Waals surface area (Å²) in [4.78, 5) is 22.7. The van der Waals surface area contributed by atoms with Gasteiger partial charge in [-0.05, 0) is 65.8 Å². The van der Waals surface area contributed by atoms with Crippen LogP contribution in [0.4, 0.5) is 10.5 Å². The van der Waals surface area contributed by atoms with Crippen LogP contribution in [0, 0.1) is 10.5 Å². The fourth-order valence-electron chi connectivity index (χ4n) is 2.23. The van der Waals surface area contributed by atoms with E-state index in [-0.39, 0.29) is 0 Å². The molecular formula is C19H20IN3O5. The molecule has 2 aromatic carbocycles. The van der Waals surface area contributed by atoms with Crippen LogP contribution >= 0.6 is 22.6 Å². The number of carboxylic acid groups (broad SMARTS) is 1. The zero-order valence-electron chi connectivity index (χ0n) is 15.4. The number of aryl methyl sites for hydroxylation is 1. The molecule has 0 saturated heterocycles. The third-order valence-corrected chi connectivity index (χ3v) is 4.25. The Morgan fingerprint density at radius 1 is 1.25 bits per heavy atom. The van der Waals surface area contributed by atoms with E-state index in [1.54, 1.807) is 18.2 Å². The monoisotopic (exact) mass is 497 g/mol. The highest BCUT2D eigenvalue weighted by Crippen LogP contribution is 2.33. The van der Waals surface area contributed by atoms with Crippen LogP contribution < -0.4 is 20.2 Å². The molecule has 0 saturated carbocycles. The molecule has 2 rings (SSSR count). The van der Waals surface area contributed by atoms with Crippen molar-refractivity contribution in [2.45, 2.75) is 13.8 Å². The van der Waals surface area contributed by atoms with E-state index in [0.29, 0.717) is 32.9 Å². The number of anilines is 1. The van der Waals surface area contributed by atoms with E-state index in [9.17, 15) is 9.59 Å². The average Bonchev–Trinajstić information content (AvgIpc) is 2.63. The normalized spacial score (nSPS) is 10.5. The highest BCUT2D eigenvalue weighted by molar-refractivity contribution is 14.1. The van der Waals surface area contributed by atoms with E-state index in [2.05, 4.69) is 15.8 Å². The number of hydrogen-bond acceptors (Lipinski definition) is 5. The summed E-state index contributed by atoms with van der Waals surface area (Å²) in [6.45, 7) is 3.62. The molecule has 0 atom stereocenters. The molecule has 0 aliphatic carbocycles. The molecule has 0 aliphatic heterocycles. The number of hydrazone groups is 1. The molecule has 148 valence electrons. The average molecular weight is 497 g/mol. The number of hydrogen-bond donors (Lipinski definition) is 3. The number of urea groups is 1. The van der Waals surface area contributed by atoms with Crippen molar-refractivity contribution in [2.24, 2.45) is 5.10 Å². The minimum absolute atomic E-state index is 0.354. The van der Waals surface area contributed by atoms with Crippen molar-refractivity contribution >= 4 is 46.5 Å². The number of ether oxygens (including phenoxy) is 2. The zero-order chi connectivity index (χ0) is 20.5. The van der Waals surface area contributed by atoms with E-state index in [1.807, 2.05) is 54.6 Å². The number of halogens is 1. The predicted molar refractivity (Wildman–Crippen MR) is 114 cm³/mol. The lowest BCUT2D eigenvalue weighted by Gasteiger charge is -2.13. The first-order chi connectivity index (χ1) is 13.4. The molecule has 0 heterocycles. The number of aliphatic carboxylic acids is 1. The van der Waals surface area contributed by atoms with Crippen LogP contribution in [0.15, 0.2) is 41.5 Å². The Kier molecular flexibility index (Phi) is 8.05. The zero-order valence-corrected chi connectivity index (χ0v) is 17.5. The van der Waals surface area contributed by atoms with Crippen LogP contribution in [0.3, 0.4) is 0 Å². The maximum atomic E-state index is 12.0. The number of para-hydroxylation sites is 1. The van der Waals surface area contributed by atoms with Gasteiger partial charge in [0, 0.05) is 5.69 Å². The molecule has 9 heteroatoms. The first-order valence-corrected chi connectivity index (χ1v) is 9.45. The van der Waals surface area contributed by atoms with Gasteiger partial charge in [-0.25, -0.2) is 15.0 Å². The highest BCUT2D eigenvalue weighted by Gasteiger charge is 2.13. The van der Waals surface area contributed by atoms with Gasteiger partial charge in [-0.1, -0.05) is 18.2 Å². The second-order valence-electron chi connectivity index (χ2n) is 5.58. The van der Waals surface area contributed by atoms with Crippen LogP contribution in [0.25, 0.3) is 0 Å². The van der Waals surface area contributed by atoms with E-state index in [4.69, 9.17) is 14.6 Å². The number of amides is 2. The quantitative estimate of drug-likeness (QED) is 0.293. The number of benzene rings is 2. The van der Waals surface area contributed by atoms with E-state index in [1.165, 1.54) is 6.21 Å². The second-order valence-corrected chi connectivity index (χ2v) is 6.75. The van der Waals surface area contributed by atoms with Gasteiger partial charge in [-0.2, -0.15) is 5.10 Å². The highest BCUT2D eigenvalue weighted by atomic mass is 127. The fourth-order valence-corrected chi connectivity index (χ4v) is 3.01. The molecule has 0 aliphatic rings. The maximum absolute atomic E-state index is 12.0. The summed E-state index contributed by atoms with van der Waals surface area (Å²) in [7, 11) is 0. The lowest BCUT2D eigenvalue weighted by Crippen LogP contribution is -2.24. The van der Waals surface area contributed by atoms with E-state index < -0.39 is 18.6 Å². The fraction of sp³-hybridized carbons (Fsp3) is 0.211. The molecule has 28 heavy (non-hydrogen) atoms. The molecule has 0 fully saturated rings. The summed E-state index contributed by atoms with van der Waals surface area (Å²) >= 11 is 2.02. The first-order valence-electron chi connectivity index (χ1n) is 8.37. The minimum Gasteiger partial charge on any atom is -0.490 e. The van der Waals surface area contributed by atoms with Gasteiger partial charge in [0.25, 0.3) is 0 Å². The standard InChI is InChI=1S/C19H20IN3O5/c1-3-27-16-9-13(8-14(20)18(16)28-11-17(24)25)10-21-23-19(26)22-15-7-5-4-6-12(15)2/h4-10H,3,11H2,1-2H3,(H,24,25)(H2,22,23,26). The molecule has 0 aromatic heterocycles. The molecule has 0 radical (unpaired) electrons. The Labute approximate surface area is 176 Å². The van der Waals surface area contributed by atoms with Crippen molar-refractivity contribution in [3.63, 3.8) is 0 Å². The van der Waals surface area contributed by atoms with Crippen LogP contribution in [-0.2, 0) is 4.79 Å². The summed E-state index contributed by atoms with van der Waals surface area (Å²) in [5.74, 6) is -0.318. The molecule has 8 nitrogen and oxygen atoms in total.